The van der Waals surface area contributed by atoms with Gasteiger partial charge < -0.3 is 10.6 Å². The molecule has 3 nitrogen and oxygen atoms in total. The Morgan fingerprint density at radius 3 is 2.78 bits per heavy atom. The summed E-state index contributed by atoms with van der Waals surface area (Å²) in [5.74, 6) is 0.0261. The van der Waals surface area contributed by atoms with Gasteiger partial charge in [-0.1, -0.05) is 17.7 Å². The Bertz CT molecular complexity index is 454. The molecule has 1 fully saturated rings. The first-order valence-electron chi connectivity index (χ1n) is 5.98. The van der Waals surface area contributed by atoms with Gasteiger partial charge in [-0.15, -0.1) is 17.9 Å². The highest BCUT2D eigenvalue weighted by atomic mass is 35.5. The number of thiophene rings is 1. The highest BCUT2D eigenvalue weighted by Gasteiger charge is 2.42. The fraction of sp³-hybridized carbons (Fsp3) is 0.462. The molecular formula is C13H17ClN2OS. The molecule has 0 saturated heterocycles. The second kappa shape index (κ2) is 5.43. The van der Waals surface area contributed by atoms with Crippen LogP contribution in [0.5, 0.6) is 0 Å². The Morgan fingerprint density at radius 1 is 1.61 bits per heavy atom. The molecule has 1 aromatic rings. The van der Waals surface area contributed by atoms with Gasteiger partial charge >= 0.3 is 0 Å². The van der Waals surface area contributed by atoms with Crippen molar-refractivity contribution >= 4 is 28.8 Å². The van der Waals surface area contributed by atoms with Crippen molar-refractivity contribution in [3.8, 4) is 0 Å². The molecule has 1 aromatic heterocycles. The molecule has 5 heteroatoms. The average molecular weight is 285 g/mol. The van der Waals surface area contributed by atoms with E-state index >= 15 is 0 Å². The van der Waals surface area contributed by atoms with E-state index in [4.69, 9.17) is 17.3 Å². The second-order valence-electron chi connectivity index (χ2n) is 4.69. The van der Waals surface area contributed by atoms with Gasteiger partial charge in [0.15, 0.2) is 0 Å². The van der Waals surface area contributed by atoms with Crippen LogP contribution in [-0.2, 0) is 11.3 Å². The molecule has 0 unspecified atom stereocenters. The van der Waals surface area contributed by atoms with Gasteiger partial charge in [0.05, 0.1) is 16.4 Å². The Morgan fingerprint density at radius 2 is 2.33 bits per heavy atom. The van der Waals surface area contributed by atoms with Gasteiger partial charge in [-0.25, -0.2) is 0 Å². The molecule has 0 radical (unpaired) electrons. The molecule has 1 amide bonds. The zero-order valence-corrected chi connectivity index (χ0v) is 11.8. The van der Waals surface area contributed by atoms with Crippen molar-refractivity contribution in [1.82, 2.24) is 4.90 Å². The molecule has 2 N–H and O–H groups in total. The smallest absolute Gasteiger partial charge is 0.243 e. The second-order valence-corrected chi connectivity index (χ2v) is 6.49. The molecule has 0 bridgehead atoms. The van der Waals surface area contributed by atoms with Crippen LogP contribution in [0.4, 0.5) is 0 Å². The predicted octanol–water partition coefficient (Wildman–Crippen LogP) is 2.80. The lowest BCUT2D eigenvalue weighted by atomic mass is 9.76. The van der Waals surface area contributed by atoms with Crippen LogP contribution in [0.25, 0.3) is 0 Å². The molecule has 0 atom stereocenters. The number of nitrogens with zero attached hydrogens (tertiary/aromatic N) is 1. The minimum Gasteiger partial charge on any atom is -0.332 e. The lowest BCUT2D eigenvalue weighted by Crippen LogP contribution is -2.59. The first-order chi connectivity index (χ1) is 8.55. The van der Waals surface area contributed by atoms with Crippen molar-refractivity contribution in [2.75, 3.05) is 6.54 Å². The van der Waals surface area contributed by atoms with Gasteiger partial charge in [0, 0.05) is 11.4 Å². The largest absolute Gasteiger partial charge is 0.332 e. The monoisotopic (exact) mass is 284 g/mol. The number of carbonyl (C=O) groups is 1. The van der Waals surface area contributed by atoms with Crippen molar-refractivity contribution in [3.05, 3.63) is 34.0 Å². The van der Waals surface area contributed by atoms with Crippen molar-refractivity contribution in [2.45, 2.75) is 31.3 Å². The third kappa shape index (κ3) is 2.76. The zero-order valence-electron chi connectivity index (χ0n) is 10.2. The maximum absolute atomic E-state index is 12.4. The van der Waals surface area contributed by atoms with Crippen molar-refractivity contribution in [2.24, 2.45) is 5.73 Å². The van der Waals surface area contributed by atoms with E-state index in [-0.39, 0.29) is 5.91 Å². The van der Waals surface area contributed by atoms with Crippen LogP contribution in [0, 0.1) is 0 Å². The quantitative estimate of drug-likeness (QED) is 0.845. The molecular weight excluding hydrogens is 268 g/mol. The molecule has 1 saturated carbocycles. The third-order valence-electron chi connectivity index (χ3n) is 3.28. The van der Waals surface area contributed by atoms with Crippen LogP contribution in [0.15, 0.2) is 24.8 Å². The summed E-state index contributed by atoms with van der Waals surface area (Å²) in [6, 6.07) is 3.79. The molecule has 1 aliphatic carbocycles. The van der Waals surface area contributed by atoms with Crippen LogP contribution >= 0.6 is 22.9 Å². The summed E-state index contributed by atoms with van der Waals surface area (Å²) < 4.78 is 0.738. The fourth-order valence-electron chi connectivity index (χ4n) is 2.09. The van der Waals surface area contributed by atoms with E-state index in [9.17, 15) is 4.79 Å². The predicted molar refractivity (Wildman–Crippen MR) is 75.7 cm³/mol. The van der Waals surface area contributed by atoms with Gasteiger partial charge in [0.25, 0.3) is 0 Å². The van der Waals surface area contributed by atoms with Crippen molar-refractivity contribution in [3.63, 3.8) is 0 Å². The molecule has 0 aromatic carbocycles. The molecule has 2 rings (SSSR count). The summed E-state index contributed by atoms with van der Waals surface area (Å²) in [5.41, 5.74) is 5.44. The van der Waals surface area contributed by atoms with E-state index < -0.39 is 5.54 Å². The minimum absolute atomic E-state index is 0.0261. The number of hydrogen-bond acceptors (Lipinski definition) is 3. The van der Waals surface area contributed by atoms with E-state index in [1.54, 1.807) is 11.0 Å². The number of nitrogens with two attached hydrogens (primary N) is 1. The summed E-state index contributed by atoms with van der Waals surface area (Å²) in [5, 5.41) is 0. The highest BCUT2D eigenvalue weighted by Crippen LogP contribution is 2.32. The minimum atomic E-state index is -0.649. The number of amides is 1. The number of rotatable bonds is 5. The topological polar surface area (TPSA) is 46.3 Å². The van der Waals surface area contributed by atoms with E-state index in [2.05, 4.69) is 6.58 Å². The first kappa shape index (κ1) is 13.6. The van der Waals surface area contributed by atoms with Crippen LogP contribution in [0.1, 0.15) is 24.1 Å². The Labute approximate surface area is 116 Å². The van der Waals surface area contributed by atoms with E-state index in [0.29, 0.717) is 13.1 Å². The Kier molecular flexibility index (Phi) is 4.10. The first-order valence-corrected chi connectivity index (χ1v) is 7.18. The van der Waals surface area contributed by atoms with Gasteiger partial charge in [-0.2, -0.15) is 0 Å². The number of hydrogen-bond donors (Lipinski definition) is 1. The lowest BCUT2D eigenvalue weighted by Gasteiger charge is -2.40. The Hall–Kier alpha value is -0.840. The van der Waals surface area contributed by atoms with Crippen LogP contribution in [0.2, 0.25) is 4.34 Å². The van der Waals surface area contributed by atoms with Gasteiger partial charge in [0.1, 0.15) is 0 Å². The van der Waals surface area contributed by atoms with Crippen molar-refractivity contribution < 1.29 is 4.79 Å². The van der Waals surface area contributed by atoms with Crippen molar-refractivity contribution in [1.29, 1.82) is 0 Å². The fourth-order valence-corrected chi connectivity index (χ4v) is 3.19. The van der Waals surface area contributed by atoms with Gasteiger partial charge in [-0.3, -0.25) is 4.79 Å². The van der Waals surface area contributed by atoms with E-state index in [0.717, 1.165) is 28.5 Å². The van der Waals surface area contributed by atoms with Gasteiger partial charge in [0.2, 0.25) is 5.91 Å². The summed E-state index contributed by atoms with van der Waals surface area (Å²) in [4.78, 5) is 15.2. The molecule has 0 spiro atoms. The van der Waals surface area contributed by atoms with Crippen LogP contribution in [0.3, 0.4) is 0 Å². The molecule has 0 aliphatic heterocycles. The molecule has 1 aliphatic rings. The summed E-state index contributed by atoms with van der Waals surface area (Å²) in [6.07, 6.45) is 4.33. The lowest BCUT2D eigenvalue weighted by molar-refractivity contribution is -0.140. The zero-order chi connectivity index (χ0) is 13.2. The average Bonchev–Trinajstić information content (AvgIpc) is 2.70. The maximum atomic E-state index is 12.4. The SMILES string of the molecule is C=CCN(Cc1ccc(Cl)s1)C(=O)C1(N)CCC1. The molecule has 1 heterocycles. The molecule has 18 heavy (non-hydrogen) atoms. The Balaban J connectivity index is 2.07. The number of carbonyl (C=O) groups excluding carboxylic acids is 1. The molecule has 98 valence electrons. The van der Waals surface area contributed by atoms with Gasteiger partial charge in [-0.05, 0) is 31.4 Å². The standard InChI is InChI=1S/C13H17ClN2OS/c1-2-8-16(9-10-4-5-11(14)18-10)12(17)13(15)6-3-7-13/h2,4-5H,1,3,6-9,15H2. The number of halogens is 1. The van der Waals surface area contributed by atoms with E-state index in [1.165, 1.54) is 11.3 Å². The van der Waals surface area contributed by atoms with Crippen LogP contribution < -0.4 is 5.73 Å². The summed E-state index contributed by atoms with van der Waals surface area (Å²) in [7, 11) is 0. The van der Waals surface area contributed by atoms with Crippen LogP contribution in [-0.4, -0.2) is 22.9 Å². The summed E-state index contributed by atoms with van der Waals surface area (Å²) in [6.45, 7) is 4.78. The summed E-state index contributed by atoms with van der Waals surface area (Å²) >= 11 is 7.39. The van der Waals surface area contributed by atoms with E-state index in [1.807, 2.05) is 12.1 Å². The maximum Gasteiger partial charge on any atom is 0.243 e. The normalized spacial score (nSPS) is 17.0. The highest BCUT2D eigenvalue weighted by molar-refractivity contribution is 7.16. The third-order valence-corrected chi connectivity index (χ3v) is 4.50.